The highest BCUT2D eigenvalue weighted by Gasteiger charge is 2.45. The maximum Gasteiger partial charge on any atom is 0.433 e. The Kier molecular flexibility index (Phi) is 5.90. The molecule has 0 spiro atoms. The van der Waals surface area contributed by atoms with E-state index in [9.17, 15) is 35.9 Å². The lowest BCUT2D eigenvalue weighted by molar-refractivity contribution is -0.143. The summed E-state index contributed by atoms with van der Waals surface area (Å²) >= 11 is 0. The molecule has 1 atom stereocenters. The van der Waals surface area contributed by atoms with Crippen LogP contribution < -0.4 is 0 Å². The van der Waals surface area contributed by atoms with Crippen molar-refractivity contribution in [2.24, 2.45) is 0 Å². The maximum absolute atomic E-state index is 14.0. The fourth-order valence-corrected chi connectivity index (χ4v) is 3.84. The molecule has 1 amide bonds. The summed E-state index contributed by atoms with van der Waals surface area (Å²) in [6.45, 7) is 4.83. The lowest BCUT2D eigenvalue weighted by Crippen LogP contribution is -2.37. The van der Waals surface area contributed by atoms with Crippen molar-refractivity contribution in [3.8, 4) is 0 Å². The van der Waals surface area contributed by atoms with Gasteiger partial charge in [-0.25, -0.2) is 9.78 Å². The van der Waals surface area contributed by atoms with Gasteiger partial charge in [0.1, 0.15) is 5.60 Å². The number of aldehydes is 1. The van der Waals surface area contributed by atoms with Crippen molar-refractivity contribution in [1.29, 1.82) is 0 Å². The second kappa shape index (κ2) is 7.93. The number of carbonyl (C=O) groups excluding carboxylic acids is 2. The molecule has 1 aliphatic rings. The monoisotopic (exact) mass is 462 g/mol. The van der Waals surface area contributed by atoms with Gasteiger partial charge in [-0.15, -0.1) is 0 Å². The van der Waals surface area contributed by atoms with Gasteiger partial charge in [-0.05, 0) is 39.7 Å². The zero-order chi connectivity index (χ0) is 24.1. The molecule has 0 radical (unpaired) electrons. The molecule has 0 N–H and O–H groups in total. The fourth-order valence-electron chi connectivity index (χ4n) is 3.84. The summed E-state index contributed by atoms with van der Waals surface area (Å²) in [5.41, 5.74) is -6.10. The van der Waals surface area contributed by atoms with Crippen LogP contribution in [0.1, 0.15) is 66.8 Å². The van der Waals surface area contributed by atoms with E-state index < -0.39 is 58.0 Å². The standard InChI is InChI=1S/C21H20F6N2O3/c1-19(2,3)32-18(31)29-9-5-8-14(29)15-12(10-30)11-6-4-7-13(20(22,23)24)16(11)28-17(15)21(25,26)27/h4,6-7,10,14H,5,8-9H2,1-3H3. The molecule has 1 saturated heterocycles. The van der Waals surface area contributed by atoms with Crippen LogP contribution in [-0.2, 0) is 17.1 Å². The first-order valence-electron chi connectivity index (χ1n) is 9.71. The molecule has 2 aromatic rings. The van der Waals surface area contributed by atoms with Gasteiger partial charge in [0.2, 0.25) is 0 Å². The fraction of sp³-hybridized carbons (Fsp3) is 0.476. The summed E-state index contributed by atoms with van der Waals surface area (Å²) in [4.78, 5) is 29.0. The van der Waals surface area contributed by atoms with E-state index >= 15 is 0 Å². The van der Waals surface area contributed by atoms with E-state index in [0.29, 0.717) is 12.5 Å². The number of rotatable bonds is 2. The van der Waals surface area contributed by atoms with Gasteiger partial charge in [-0.2, -0.15) is 26.3 Å². The van der Waals surface area contributed by atoms with Gasteiger partial charge in [0, 0.05) is 23.1 Å². The van der Waals surface area contributed by atoms with Crippen LogP contribution in [0.5, 0.6) is 0 Å². The quantitative estimate of drug-likeness (QED) is 0.396. The summed E-state index contributed by atoms with van der Waals surface area (Å²) in [6.07, 6.45) is -10.6. The Balaban J connectivity index is 2.31. The number of benzene rings is 1. The maximum atomic E-state index is 14.0. The average molecular weight is 462 g/mol. The number of alkyl halides is 6. The summed E-state index contributed by atoms with van der Waals surface area (Å²) in [7, 11) is 0. The second-order valence-corrected chi connectivity index (χ2v) is 8.43. The van der Waals surface area contributed by atoms with Crippen molar-refractivity contribution >= 4 is 23.3 Å². The number of hydrogen-bond acceptors (Lipinski definition) is 4. The Morgan fingerprint density at radius 3 is 2.31 bits per heavy atom. The van der Waals surface area contributed by atoms with Crippen LogP contribution in [0.25, 0.3) is 10.9 Å². The lowest BCUT2D eigenvalue weighted by Gasteiger charge is -2.30. The number of amides is 1. The number of hydrogen-bond donors (Lipinski definition) is 0. The predicted octanol–water partition coefficient (Wildman–Crippen LogP) is 6.16. The zero-order valence-corrected chi connectivity index (χ0v) is 17.4. The topological polar surface area (TPSA) is 59.5 Å². The third-order valence-electron chi connectivity index (χ3n) is 5.00. The minimum absolute atomic E-state index is 0.0648. The first kappa shape index (κ1) is 23.8. The third kappa shape index (κ3) is 4.51. The number of nitrogens with zero attached hydrogens (tertiary/aromatic N) is 2. The molecule has 11 heteroatoms. The molecule has 1 fully saturated rings. The van der Waals surface area contributed by atoms with Gasteiger partial charge >= 0.3 is 18.4 Å². The van der Waals surface area contributed by atoms with Gasteiger partial charge in [0.15, 0.2) is 12.0 Å². The highest BCUT2D eigenvalue weighted by Crippen LogP contribution is 2.45. The highest BCUT2D eigenvalue weighted by atomic mass is 19.4. The van der Waals surface area contributed by atoms with E-state index in [1.165, 1.54) is 0 Å². The van der Waals surface area contributed by atoms with Crippen molar-refractivity contribution < 1.29 is 40.7 Å². The van der Waals surface area contributed by atoms with E-state index in [1.807, 2.05) is 0 Å². The molecule has 1 aromatic carbocycles. The number of fused-ring (bicyclic) bond motifs is 1. The molecule has 1 unspecified atom stereocenters. The Morgan fingerprint density at radius 2 is 1.78 bits per heavy atom. The van der Waals surface area contributed by atoms with Crippen molar-refractivity contribution in [2.75, 3.05) is 6.54 Å². The van der Waals surface area contributed by atoms with Crippen LogP contribution in [0, 0.1) is 0 Å². The molecule has 0 aliphatic carbocycles. The SMILES string of the molecule is CC(C)(C)OC(=O)N1CCCC1c1c(C(F)(F)F)nc2c(C(F)(F)F)cccc2c1C=O. The van der Waals surface area contributed by atoms with Crippen molar-refractivity contribution in [1.82, 2.24) is 9.88 Å². The largest absolute Gasteiger partial charge is 0.444 e. The normalized spacial score (nSPS) is 17.7. The van der Waals surface area contributed by atoms with Crippen LogP contribution in [-0.4, -0.2) is 34.4 Å². The van der Waals surface area contributed by atoms with Crippen LogP contribution in [0.4, 0.5) is 31.1 Å². The molecular formula is C21H20F6N2O3. The second-order valence-electron chi connectivity index (χ2n) is 8.43. The first-order chi connectivity index (χ1) is 14.6. The Hall–Kier alpha value is -2.85. The minimum atomic E-state index is -5.16. The molecule has 32 heavy (non-hydrogen) atoms. The van der Waals surface area contributed by atoms with Crippen LogP contribution >= 0.6 is 0 Å². The van der Waals surface area contributed by atoms with Gasteiger partial charge in [-0.1, -0.05) is 12.1 Å². The molecule has 0 bridgehead atoms. The van der Waals surface area contributed by atoms with Gasteiger partial charge < -0.3 is 9.64 Å². The molecule has 2 heterocycles. The highest BCUT2D eigenvalue weighted by molar-refractivity contribution is 6.00. The summed E-state index contributed by atoms with van der Waals surface area (Å²) in [6, 6.07) is 1.48. The number of carbonyl (C=O) groups is 2. The van der Waals surface area contributed by atoms with Crippen LogP contribution in [0.2, 0.25) is 0 Å². The lowest BCUT2D eigenvalue weighted by atomic mass is 9.92. The third-order valence-corrected chi connectivity index (χ3v) is 5.00. The van der Waals surface area contributed by atoms with Crippen molar-refractivity contribution in [3.63, 3.8) is 0 Å². The molecular weight excluding hydrogens is 442 g/mol. The predicted molar refractivity (Wildman–Crippen MR) is 102 cm³/mol. The molecule has 174 valence electrons. The molecule has 0 saturated carbocycles. The number of para-hydroxylation sites is 1. The number of halogens is 6. The molecule has 1 aliphatic heterocycles. The Bertz CT molecular complexity index is 1060. The zero-order valence-electron chi connectivity index (χ0n) is 17.4. The van der Waals surface area contributed by atoms with Crippen LogP contribution in [0.15, 0.2) is 18.2 Å². The van der Waals surface area contributed by atoms with Gasteiger partial charge in [0.25, 0.3) is 0 Å². The number of ether oxygens (including phenoxy) is 1. The Labute approximate surface area is 179 Å². The summed E-state index contributed by atoms with van der Waals surface area (Å²) in [5, 5.41) is -0.367. The van der Waals surface area contributed by atoms with Crippen molar-refractivity contribution in [3.05, 3.63) is 40.6 Å². The summed E-state index contributed by atoms with van der Waals surface area (Å²) in [5.74, 6) is 0. The summed E-state index contributed by atoms with van der Waals surface area (Å²) < 4.78 is 87.5. The molecule has 3 rings (SSSR count). The smallest absolute Gasteiger partial charge is 0.433 e. The van der Waals surface area contributed by atoms with E-state index in [2.05, 4.69) is 4.98 Å². The number of aromatic nitrogens is 1. The number of pyridine rings is 1. The van der Waals surface area contributed by atoms with Gasteiger partial charge in [-0.3, -0.25) is 4.79 Å². The number of likely N-dealkylation sites (tertiary alicyclic amines) is 1. The van der Waals surface area contributed by atoms with E-state index in [0.717, 1.165) is 17.0 Å². The van der Waals surface area contributed by atoms with E-state index in [4.69, 9.17) is 4.74 Å². The minimum Gasteiger partial charge on any atom is -0.444 e. The van der Waals surface area contributed by atoms with Crippen molar-refractivity contribution in [2.45, 2.75) is 57.6 Å². The van der Waals surface area contributed by atoms with Gasteiger partial charge in [0.05, 0.1) is 17.1 Å². The average Bonchev–Trinajstić information content (AvgIpc) is 3.12. The molecule has 1 aromatic heterocycles. The van der Waals surface area contributed by atoms with E-state index in [-0.39, 0.29) is 24.6 Å². The van der Waals surface area contributed by atoms with Crippen LogP contribution in [0.3, 0.4) is 0 Å². The molecule has 5 nitrogen and oxygen atoms in total. The first-order valence-corrected chi connectivity index (χ1v) is 9.71. The van der Waals surface area contributed by atoms with E-state index in [1.54, 1.807) is 20.8 Å². The Morgan fingerprint density at radius 1 is 1.12 bits per heavy atom.